The summed E-state index contributed by atoms with van der Waals surface area (Å²) in [7, 11) is 4.47. The van der Waals surface area contributed by atoms with E-state index in [0.717, 1.165) is 16.9 Å². The normalized spacial score (nSPS) is 11.1. The number of phenols is 1. The maximum Gasteiger partial charge on any atom is 0.262 e. The first-order chi connectivity index (χ1) is 14.4. The standard InChI is InChI=1S/C23H24N2O5/c1-15-10-17(8-9-19(15)28-2)14-25-23(27)18(13-24)7-5-6-16-11-20(29-3)22(26)21(12-16)30-4/h5-12,26H,14H2,1-4H3,(H,25,27)/b6-5+,18-7+. The molecule has 0 fully saturated rings. The van der Waals surface area contributed by atoms with Gasteiger partial charge in [-0.1, -0.05) is 24.3 Å². The summed E-state index contributed by atoms with van der Waals surface area (Å²) in [6, 6.07) is 10.7. The Labute approximate surface area is 175 Å². The molecular weight excluding hydrogens is 384 g/mol. The zero-order valence-electron chi connectivity index (χ0n) is 17.4. The smallest absolute Gasteiger partial charge is 0.262 e. The molecule has 2 aromatic carbocycles. The number of hydrogen-bond acceptors (Lipinski definition) is 6. The number of aryl methyl sites for hydroxylation is 1. The van der Waals surface area contributed by atoms with Crippen LogP contribution in [-0.4, -0.2) is 32.3 Å². The van der Waals surface area contributed by atoms with Crippen LogP contribution >= 0.6 is 0 Å². The summed E-state index contributed by atoms with van der Waals surface area (Å²) >= 11 is 0. The van der Waals surface area contributed by atoms with Crippen LogP contribution in [0.15, 0.2) is 48.1 Å². The maximum absolute atomic E-state index is 12.3. The molecule has 0 bridgehead atoms. The van der Waals surface area contributed by atoms with Gasteiger partial charge in [-0.25, -0.2) is 0 Å². The first-order valence-electron chi connectivity index (χ1n) is 9.08. The molecule has 0 heterocycles. The molecule has 0 unspecified atom stereocenters. The Morgan fingerprint density at radius 2 is 1.73 bits per heavy atom. The Hall–Kier alpha value is -3.92. The van der Waals surface area contributed by atoms with Gasteiger partial charge in [0, 0.05) is 6.54 Å². The second kappa shape index (κ2) is 10.6. The molecule has 0 spiro atoms. The van der Waals surface area contributed by atoms with Crippen molar-refractivity contribution in [1.29, 1.82) is 5.26 Å². The van der Waals surface area contributed by atoms with Gasteiger partial charge in [-0.05, 0) is 47.9 Å². The van der Waals surface area contributed by atoms with E-state index in [1.54, 1.807) is 31.4 Å². The second-order valence-electron chi connectivity index (χ2n) is 6.31. The Balaban J connectivity index is 2.09. The van der Waals surface area contributed by atoms with Gasteiger partial charge < -0.3 is 24.6 Å². The minimum atomic E-state index is -0.475. The predicted molar refractivity (Wildman–Crippen MR) is 114 cm³/mol. The number of ether oxygens (including phenoxy) is 3. The number of hydrogen-bond donors (Lipinski definition) is 2. The lowest BCUT2D eigenvalue weighted by atomic mass is 10.1. The lowest BCUT2D eigenvalue weighted by Gasteiger charge is -2.09. The van der Waals surface area contributed by atoms with Gasteiger partial charge in [-0.15, -0.1) is 0 Å². The SMILES string of the molecule is COc1ccc(CNC(=O)/C(C#N)=C/C=C/c2cc(OC)c(O)c(OC)c2)cc1C. The van der Waals surface area contributed by atoms with Crippen LogP contribution in [0.4, 0.5) is 0 Å². The summed E-state index contributed by atoms with van der Waals surface area (Å²) in [4.78, 5) is 12.3. The third kappa shape index (κ3) is 5.55. The number of amides is 1. The van der Waals surface area contributed by atoms with Gasteiger partial charge in [0.15, 0.2) is 11.5 Å². The molecule has 156 valence electrons. The number of methoxy groups -OCH3 is 3. The number of allylic oxidation sites excluding steroid dienone is 2. The van der Waals surface area contributed by atoms with Crippen molar-refractivity contribution in [3.63, 3.8) is 0 Å². The minimum Gasteiger partial charge on any atom is -0.502 e. The largest absolute Gasteiger partial charge is 0.502 e. The molecule has 0 radical (unpaired) electrons. The van der Waals surface area contributed by atoms with Crippen molar-refractivity contribution in [2.24, 2.45) is 0 Å². The lowest BCUT2D eigenvalue weighted by molar-refractivity contribution is -0.117. The number of carbonyl (C=O) groups excluding carboxylic acids is 1. The van der Waals surface area contributed by atoms with E-state index in [4.69, 9.17) is 14.2 Å². The van der Waals surface area contributed by atoms with E-state index in [1.807, 2.05) is 31.2 Å². The van der Waals surface area contributed by atoms with E-state index in [-0.39, 0.29) is 22.8 Å². The van der Waals surface area contributed by atoms with Crippen molar-refractivity contribution in [1.82, 2.24) is 5.32 Å². The molecule has 1 amide bonds. The van der Waals surface area contributed by atoms with Crippen molar-refractivity contribution in [3.05, 3.63) is 64.7 Å². The summed E-state index contributed by atoms with van der Waals surface area (Å²) < 4.78 is 15.4. The highest BCUT2D eigenvalue weighted by Gasteiger charge is 2.10. The highest BCUT2D eigenvalue weighted by molar-refractivity contribution is 5.97. The van der Waals surface area contributed by atoms with Crippen molar-refractivity contribution in [3.8, 4) is 29.1 Å². The third-order valence-electron chi connectivity index (χ3n) is 4.33. The molecule has 2 rings (SSSR count). The average molecular weight is 408 g/mol. The average Bonchev–Trinajstić information content (AvgIpc) is 2.75. The first-order valence-corrected chi connectivity index (χ1v) is 9.08. The minimum absolute atomic E-state index is 0.0332. The fourth-order valence-electron chi connectivity index (χ4n) is 2.76. The van der Waals surface area contributed by atoms with E-state index in [2.05, 4.69) is 5.32 Å². The molecule has 0 aliphatic carbocycles. The summed E-state index contributed by atoms with van der Waals surface area (Å²) in [6.07, 6.45) is 4.66. The van der Waals surface area contributed by atoms with Crippen molar-refractivity contribution >= 4 is 12.0 Å². The number of nitriles is 1. The summed E-state index contributed by atoms with van der Waals surface area (Å²) in [5, 5.41) is 22.0. The zero-order valence-corrected chi connectivity index (χ0v) is 17.4. The number of nitrogens with zero attached hydrogens (tertiary/aromatic N) is 1. The first kappa shape index (κ1) is 22.4. The zero-order chi connectivity index (χ0) is 22.1. The molecule has 0 aromatic heterocycles. The van der Waals surface area contributed by atoms with Crippen LogP contribution in [0, 0.1) is 18.3 Å². The summed E-state index contributed by atoms with van der Waals surface area (Å²) in [5.74, 6) is 0.711. The Bertz CT molecular complexity index is 994. The molecule has 0 aliphatic heterocycles. The van der Waals surface area contributed by atoms with Crippen LogP contribution in [-0.2, 0) is 11.3 Å². The van der Waals surface area contributed by atoms with E-state index in [9.17, 15) is 15.2 Å². The summed E-state index contributed by atoms with van der Waals surface area (Å²) in [5.41, 5.74) is 2.50. The Morgan fingerprint density at radius 3 is 2.27 bits per heavy atom. The molecule has 30 heavy (non-hydrogen) atoms. The van der Waals surface area contributed by atoms with Crippen LogP contribution in [0.5, 0.6) is 23.0 Å². The van der Waals surface area contributed by atoms with Gasteiger partial charge in [0.2, 0.25) is 5.75 Å². The quantitative estimate of drug-likeness (QED) is 0.394. The molecule has 0 saturated carbocycles. The monoisotopic (exact) mass is 408 g/mol. The molecular formula is C23H24N2O5. The summed E-state index contributed by atoms with van der Waals surface area (Å²) in [6.45, 7) is 2.21. The maximum atomic E-state index is 12.3. The van der Waals surface area contributed by atoms with E-state index < -0.39 is 5.91 Å². The second-order valence-corrected chi connectivity index (χ2v) is 6.31. The number of rotatable bonds is 8. The number of nitrogens with one attached hydrogen (secondary N) is 1. The Morgan fingerprint density at radius 1 is 1.10 bits per heavy atom. The molecule has 0 saturated heterocycles. The highest BCUT2D eigenvalue weighted by Crippen LogP contribution is 2.37. The fourth-order valence-corrected chi connectivity index (χ4v) is 2.76. The van der Waals surface area contributed by atoms with Crippen molar-refractivity contribution in [2.45, 2.75) is 13.5 Å². The van der Waals surface area contributed by atoms with Crippen LogP contribution in [0.1, 0.15) is 16.7 Å². The molecule has 0 atom stereocenters. The van der Waals surface area contributed by atoms with E-state index in [0.29, 0.717) is 12.1 Å². The topological polar surface area (TPSA) is 101 Å². The third-order valence-corrected chi connectivity index (χ3v) is 4.33. The van der Waals surface area contributed by atoms with Crippen LogP contribution in [0.2, 0.25) is 0 Å². The number of benzene rings is 2. The van der Waals surface area contributed by atoms with E-state index in [1.165, 1.54) is 20.3 Å². The number of phenolic OH excluding ortho intramolecular Hbond substituents is 1. The molecule has 0 aliphatic rings. The van der Waals surface area contributed by atoms with Crippen LogP contribution in [0.3, 0.4) is 0 Å². The molecule has 7 nitrogen and oxygen atoms in total. The number of aromatic hydroxyl groups is 1. The number of carbonyl (C=O) groups is 1. The molecule has 2 N–H and O–H groups in total. The van der Waals surface area contributed by atoms with Crippen LogP contribution < -0.4 is 19.5 Å². The molecule has 2 aromatic rings. The van der Waals surface area contributed by atoms with Gasteiger partial charge in [0.05, 0.1) is 21.3 Å². The van der Waals surface area contributed by atoms with Crippen molar-refractivity contribution in [2.75, 3.05) is 21.3 Å². The highest BCUT2D eigenvalue weighted by atomic mass is 16.5. The van der Waals surface area contributed by atoms with Crippen LogP contribution in [0.25, 0.3) is 6.08 Å². The van der Waals surface area contributed by atoms with E-state index >= 15 is 0 Å². The lowest BCUT2D eigenvalue weighted by Crippen LogP contribution is -2.24. The van der Waals surface area contributed by atoms with Gasteiger partial charge in [0.1, 0.15) is 17.4 Å². The van der Waals surface area contributed by atoms with Gasteiger partial charge in [-0.2, -0.15) is 5.26 Å². The van der Waals surface area contributed by atoms with Crippen molar-refractivity contribution < 1.29 is 24.1 Å². The van der Waals surface area contributed by atoms with Gasteiger partial charge in [-0.3, -0.25) is 4.79 Å². The molecule has 7 heteroatoms. The fraction of sp³-hybridized carbons (Fsp3) is 0.217. The predicted octanol–water partition coefficient (Wildman–Crippen LogP) is 3.51. The Kier molecular flexibility index (Phi) is 7.89. The van der Waals surface area contributed by atoms with Gasteiger partial charge in [0.25, 0.3) is 5.91 Å². The van der Waals surface area contributed by atoms with Gasteiger partial charge >= 0.3 is 0 Å².